The predicted molar refractivity (Wildman–Crippen MR) is 80.4 cm³/mol. The SMILES string of the molecule is CC1CCN(CC(O)CNc2cccc(F)c2C#N)CC1. The number of nitrogens with zero attached hydrogens (tertiary/aromatic N) is 2. The van der Waals surface area contributed by atoms with E-state index in [1.54, 1.807) is 12.1 Å². The van der Waals surface area contributed by atoms with Gasteiger partial charge in [0.25, 0.3) is 0 Å². The standard InChI is InChI=1S/C16H22FN3O/c1-12-5-7-20(8-6-12)11-13(21)10-19-16-4-2-3-15(17)14(16)9-18/h2-4,12-13,19,21H,5-8,10-11H2,1H3. The topological polar surface area (TPSA) is 59.3 Å². The van der Waals surface area contributed by atoms with Gasteiger partial charge < -0.3 is 15.3 Å². The third-order valence-electron chi connectivity index (χ3n) is 4.00. The van der Waals surface area contributed by atoms with Crippen LogP contribution in [-0.2, 0) is 0 Å². The number of rotatable bonds is 5. The number of piperidine rings is 1. The Kier molecular flexibility index (Phi) is 5.54. The van der Waals surface area contributed by atoms with Crippen molar-refractivity contribution in [1.29, 1.82) is 5.26 Å². The Bertz CT molecular complexity index is 507. The molecule has 0 aliphatic carbocycles. The van der Waals surface area contributed by atoms with Crippen molar-refractivity contribution in [3.8, 4) is 6.07 Å². The van der Waals surface area contributed by atoms with Crippen molar-refractivity contribution in [2.45, 2.75) is 25.9 Å². The second-order valence-electron chi connectivity index (χ2n) is 5.79. The fraction of sp³-hybridized carbons (Fsp3) is 0.562. The number of likely N-dealkylation sites (tertiary alicyclic amines) is 1. The fourth-order valence-electron chi connectivity index (χ4n) is 2.62. The van der Waals surface area contributed by atoms with Crippen LogP contribution in [0.5, 0.6) is 0 Å². The molecule has 1 aromatic rings. The lowest BCUT2D eigenvalue weighted by Gasteiger charge is -2.31. The van der Waals surface area contributed by atoms with Crippen LogP contribution < -0.4 is 5.32 Å². The van der Waals surface area contributed by atoms with Crippen molar-refractivity contribution in [2.24, 2.45) is 5.92 Å². The Morgan fingerprint density at radius 2 is 2.19 bits per heavy atom. The van der Waals surface area contributed by atoms with Crippen molar-refractivity contribution in [3.05, 3.63) is 29.6 Å². The number of nitriles is 1. The van der Waals surface area contributed by atoms with Crippen LogP contribution in [0.4, 0.5) is 10.1 Å². The lowest BCUT2D eigenvalue weighted by Crippen LogP contribution is -2.40. The first kappa shape index (κ1) is 15.7. The lowest BCUT2D eigenvalue weighted by atomic mass is 9.99. The molecule has 21 heavy (non-hydrogen) atoms. The van der Waals surface area contributed by atoms with Crippen LogP contribution in [0.2, 0.25) is 0 Å². The number of aliphatic hydroxyl groups excluding tert-OH is 1. The molecule has 1 saturated heterocycles. The van der Waals surface area contributed by atoms with E-state index in [-0.39, 0.29) is 5.56 Å². The highest BCUT2D eigenvalue weighted by molar-refractivity contribution is 5.57. The molecule has 0 amide bonds. The van der Waals surface area contributed by atoms with Crippen LogP contribution in [0, 0.1) is 23.1 Å². The smallest absolute Gasteiger partial charge is 0.143 e. The van der Waals surface area contributed by atoms with Crippen molar-refractivity contribution in [1.82, 2.24) is 4.90 Å². The number of halogens is 1. The largest absolute Gasteiger partial charge is 0.390 e. The first-order valence-corrected chi connectivity index (χ1v) is 7.43. The normalized spacial score (nSPS) is 18.2. The van der Waals surface area contributed by atoms with Gasteiger partial charge in [0.05, 0.1) is 11.8 Å². The summed E-state index contributed by atoms with van der Waals surface area (Å²) in [6.45, 7) is 5.20. The zero-order valence-electron chi connectivity index (χ0n) is 12.3. The third kappa shape index (κ3) is 4.42. The molecule has 1 unspecified atom stereocenters. The van der Waals surface area contributed by atoms with Crippen molar-refractivity contribution in [3.63, 3.8) is 0 Å². The van der Waals surface area contributed by atoms with Crippen LogP contribution in [0.15, 0.2) is 18.2 Å². The summed E-state index contributed by atoms with van der Waals surface area (Å²) >= 11 is 0. The highest BCUT2D eigenvalue weighted by Gasteiger charge is 2.18. The van der Waals surface area contributed by atoms with E-state index in [2.05, 4.69) is 17.1 Å². The van der Waals surface area contributed by atoms with Crippen LogP contribution in [-0.4, -0.2) is 42.3 Å². The highest BCUT2D eigenvalue weighted by atomic mass is 19.1. The van der Waals surface area contributed by atoms with E-state index in [4.69, 9.17) is 5.26 Å². The van der Waals surface area contributed by atoms with Gasteiger partial charge in [-0.05, 0) is 44.0 Å². The van der Waals surface area contributed by atoms with Gasteiger partial charge in [-0.2, -0.15) is 5.26 Å². The lowest BCUT2D eigenvalue weighted by molar-refractivity contribution is 0.0990. The van der Waals surface area contributed by atoms with Gasteiger partial charge in [0, 0.05) is 13.1 Å². The second-order valence-corrected chi connectivity index (χ2v) is 5.79. The summed E-state index contributed by atoms with van der Waals surface area (Å²) in [6.07, 6.45) is 1.80. The first-order valence-electron chi connectivity index (χ1n) is 7.43. The van der Waals surface area contributed by atoms with E-state index in [0.29, 0.717) is 18.8 Å². The number of benzene rings is 1. The number of anilines is 1. The van der Waals surface area contributed by atoms with Gasteiger partial charge in [-0.1, -0.05) is 13.0 Å². The van der Waals surface area contributed by atoms with E-state index in [1.165, 1.54) is 18.9 Å². The summed E-state index contributed by atoms with van der Waals surface area (Å²) in [5.41, 5.74) is 0.431. The molecule has 114 valence electrons. The Hall–Kier alpha value is -1.64. The van der Waals surface area contributed by atoms with Crippen LogP contribution >= 0.6 is 0 Å². The molecule has 2 N–H and O–H groups in total. The number of hydrogen-bond acceptors (Lipinski definition) is 4. The summed E-state index contributed by atoms with van der Waals surface area (Å²) in [6, 6.07) is 6.31. The molecule has 1 aliphatic rings. The summed E-state index contributed by atoms with van der Waals surface area (Å²) in [5, 5.41) is 22.0. The Morgan fingerprint density at radius 3 is 2.86 bits per heavy atom. The summed E-state index contributed by atoms with van der Waals surface area (Å²) in [5.74, 6) is 0.226. The van der Waals surface area contributed by atoms with Crippen LogP contribution in [0.3, 0.4) is 0 Å². The Balaban J connectivity index is 1.83. The quantitative estimate of drug-likeness (QED) is 0.873. The maximum Gasteiger partial charge on any atom is 0.143 e. The van der Waals surface area contributed by atoms with Crippen molar-refractivity contribution in [2.75, 3.05) is 31.5 Å². The number of aliphatic hydroxyl groups is 1. The van der Waals surface area contributed by atoms with Crippen LogP contribution in [0.25, 0.3) is 0 Å². The average molecular weight is 291 g/mol. The monoisotopic (exact) mass is 291 g/mol. The maximum atomic E-state index is 13.5. The van der Waals surface area contributed by atoms with Gasteiger partial charge in [-0.15, -0.1) is 0 Å². The van der Waals surface area contributed by atoms with E-state index >= 15 is 0 Å². The van der Waals surface area contributed by atoms with Gasteiger partial charge in [0.2, 0.25) is 0 Å². The first-order chi connectivity index (χ1) is 10.1. The molecule has 0 saturated carbocycles. The van der Waals surface area contributed by atoms with Gasteiger partial charge in [-0.3, -0.25) is 0 Å². The summed E-state index contributed by atoms with van der Waals surface area (Å²) in [7, 11) is 0. The minimum absolute atomic E-state index is 0.00324. The number of nitrogens with one attached hydrogen (secondary N) is 1. The minimum Gasteiger partial charge on any atom is -0.390 e. The molecule has 1 aromatic carbocycles. The van der Waals surface area contributed by atoms with E-state index in [1.807, 2.05) is 6.07 Å². The molecule has 0 radical (unpaired) electrons. The molecule has 4 nitrogen and oxygen atoms in total. The molecule has 0 aromatic heterocycles. The molecule has 1 fully saturated rings. The van der Waals surface area contributed by atoms with Gasteiger partial charge in [-0.25, -0.2) is 4.39 Å². The Morgan fingerprint density at radius 1 is 1.48 bits per heavy atom. The van der Waals surface area contributed by atoms with Crippen molar-refractivity contribution < 1.29 is 9.50 Å². The molecule has 1 atom stereocenters. The number of hydrogen-bond donors (Lipinski definition) is 2. The average Bonchev–Trinajstić information content (AvgIpc) is 2.47. The molecule has 5 heteroatoms. The predicted octanol–water partition coefficient (Wildman–Crippen LogP) is 2.20. The summed E-state index contributed by atoms with van der Waals surface area (Å²) in [4.78, 5) is 2.25. The third-order valence-corrected chi connectivity index (χ3v) is 4.00. The van der Waals surface area contributed by atoms with Gasteiger partial charge in [0.15, 0.2) is 0 Å². The van der Waals surface area contributed by atoms with Crippen LogP contribution in [0.1, 0.15) is 25.3 Å². The molecule has 0 bridgehead atoms. The zero-order chi connectivity index (χ0) is 15.2. The fourth-order valence-corrected chi connectivity index (χ4v) is 2.62. The number of β-amino-alcohol motifs (C(OH)–C–C–N with tert-alkyl or cyclic N) is 1. The molecule has 0 spiro atoms. The van der Waals surface area contributed by atoms with E-state index in [9.17, 15) is 9.50 Å². The van der Waals surface area contributed by atoms with E-state index in [0.717, 1.165) is 19.0 Å². The molecular weight excluding hydrogens is 269 g/mol. The molecule has 2 rings (SSSR count). The van der Waals surface area contributed by atoms with E-state index < -0.39 is 11.9 Å². The van der Waals surface area contributed by atoms with Gasteiger partial charge >= 0.3 is 0 Å². The maximum absolute atomic E-state index is 13.5. The highest BCUT2D eigenvalue weighted by Crippen LogP contribution is 2.18. The summed E-state index contributed by atoms with van der Waals surface area (Å²) < 4.78 is 13.5. The second kappa shape index (κ2) is 7.39. The molecule has 1 heterocycles. The molecule has 1 aliphatic heterocycles. The van der Waals surface area contributed by atoms with Crippen molar-refractivity contribution >= 4 is 5.69 Å². The molecular formula is C16H22FN3O. The minimum atomic E-state index is -0.540. The Labute approximate surface area is 125 Å². The van der Waals surface area contributed by atoms with Gasteiger partial charge in [0.1, 0.15) is 17.4 Å². The zero-order valence-corrected chi connectivity index (χ0v) is 12.3.